The van der Waals surface area contributed by atoms with Gasteiger partial charge in [-0.3, -0.25) is 9.59 Å². The number of hydrogen-bond donors (Lipinski definition) is 0. The number of thiazole rings is 1. The van der Waals surface area contributed by atoms with Gasteiger partial charge in [0.1, 0.15) is 12.3 Å². The summed E-state index contributed by atoms with van der Waals surface area (Å²) in [5.74, 6) is -1.05. The van der Waals surface area contributed by atoms with E-state index >= 15 is 0 Å². The van der Waals surface area contributed by atoms with Crippen molar-refractivity contribution in [1.29, 1.82) is 0 Å². The number of carbonyl (C=O) groups is 3. The predicted octanol–water partition coefficient (Wildman–Crippen LogP) is 2.80. The van der Waals surface area contributed by atoms with Crippen LogP contribution in [0.1, 0.15) is 27.6 Å². The summed E-state index contributed by atoms with van der Waals surface area (Å²) in [6, 6.07) is 11.7. The van der Waals surface area contributed by atoms with Gasteiger partial charge in [-0.15, -0.1) is 0 Å². The first-order valence-electron chi connectivity index (χ1n) is 9.07. The number of nitrogens with zero attached hydrogens (tertiary/aromatic N) is 2. The van der Waals surface area contributed by atoms with Crippen molar-refractivity contribution in [3.63, 3.8) is 0 Å². The summed E-state index contributed by atoms with van der Waals surface area (Å²) < 4.78 is 17.3. The van der Waals surface area contributed by atoms with E-state index in [1.807, 2.05) is 0 Å². The second-order valence-electron chi connectivity index (χ2n) is 6.07. The average Bonchev–Trinajstić information content (AvgIpc) is 3.09. The summed E-state index contributed by atoms with van der Waals surface area (Å²) in [4.78, 5) is 41.3. The Hall–Kier alpha value is -3.46. The smallest absolute Gasteiger partial charge is 0.338 e. The van der Waals surface area contributed by atoms with Gasteiger partial charge in [0, 0.05) is 0 Å². The molecule has 0 unspecified atom stereocenters. The fourth-order valence-corrected chi connectivity index (χ4v) is 3.88. The SMILES string of the molecule is CCOC(=O)c1ccc2c(c1)sc(=NC(=O)c1ccccc1OC)n2CC(=O)OC. The second kappa shape index (κ2) is 9.36. The third kappa shape index (κ3) is 4.41. The molecule has 0 saturated carbocycles. The molecule has 0 radical (unpaired) electrons. The molecule has 30 heavy (non-hydrogen) atoms. The maximum Gasteiger partial charge on any atom is 0.338 e. The standard InChI is InChI=1S/C21H20N2O6S/c1-4-29-20(26)13-9-10-15-17(11-13)30-21(23(15)12-18(24)28-3)22-19(25)14-7-5-6-8-16(14)27-2/h5-11H,4,12H2,1-3H3. The van der Waals surface area contributed by atoms with Crippen LogP contribution in [0.5, 0.6) is 5.75 Å². The number of aromatic nitrogens is 1. The zero-order chi connectivity index (χ0) is 21.7. The lowest BCUT2D eigenvalue weighted by Gasteiger charge is -2.06. The molecule has 2 aromatic carbocycles. The fraction of sp³-hybridized carbons (Fsp3) is 0.238. The summed E-state index contributed by atoms with van der Waals surface area (Å²) in [7, 11) is 2.76. The third-order valence-electron chi connectivity index (χ3n) is 4.24. The predicted molar refractivity (Wildman–Crippen MR) is 111 cm³/mol. The highest BCUT2D eigenvalue weighted by Crippen LogP contribution is 2.21. The highest BCUT2D eigenvalue weighted by molar-refractivity contribution is 7.16. The van der Waals surface area contributed by atoms with Crippen LogP contribution in [-0.2, 0) is 20.8 Å². The molecule has 3 aromatic rings. The molecule has 156 valence electrons. The second-order valence-corrected chi connectivity index (χ2v) is 7.08. The minimum atomic E-state index is -0.511. The Kier molecular flexibility index (Phi) is 6.63. The number of para-hydroxylation sites is 1. The van der Waals surface area contributed by atoms with Gasteiger partial charge < -0.3 is 18.8 Å². The van der Waals surface area contributed by atoms with Gasteiger partial charge in [0.25, 0.3) is 5.91 Å². The van der Waals surface area contributed by atoms with Crippen LogP contribution in [-0.4, -0.2) is 43.2 Å². The fourth-order valence-electron chi connectivity index (χ4n) is 2.81. The molecule has 0 bridgehead atoms. The van der Waals surface area contributed by atoms with Crippen LogP contribution in [0.25, 0.3) is 10.2 Å². The van der Waals surface area contributed by atoms with E-state index in [-0.39, 0.29) is 13.2 Å². The third-order valence-corrected chi connectivity index (χ3v) is 5.28. The molecule has 0 fully saturated rings. The number of rotatable bonds is 6. The molecule has 3 rings (SSSR count). The molecule has 0 atom stereocenters. The van der Waals surface area contributed by atoms with Crippen LogP contribution in [0.15, 0.2) is 47.5 Å². The number of amides is 1. The Labute approximate surface area is 176 Å². The van der Waals surface area contributed by atoms with Gasteiger partial charge in [-0.2, -0.15) is 4.99 Å². The molecule has 9 heteroatoms. The van der Waals surface area contributed by atoms with E-state index in [4.69, 9.17) is 14.2 Å². The van der Waals surface area contributed by atoms with Gasteiger partial charge in [-0.25, -0.2) is 4.79 Å². The Morgan fingerprint density at radius 3 is 2.57 bits per heavy atom. The van der Waals surface area contributed by atoms with Crippen molar-refractivity contribution < 1.29 is 28.6 Å². The summed E-state index contributed by atoms with van der Waals surface area (Å²) >= 11 is 1.18. The van der Waals surface area contributed by atoms with E-state index in [1.165, 1.54) is 25.6 Å². The van der Waals surface area contributed by atoms with Crippen LogP contribution >= 0.6 is 11.3 Å². The van der Waals surface area contributed by atoms with Gasteiger partial charge in [-0.05, 0) is 37.3 Å². The Morgan fingerprint density at radius 2 is 1.87 bits per heavy atom. The zero-order valence-electron chi connectivity index (χ0n) is 16.7. The number of benzene rings is 2. The lowest BCUT2D eigenvalue weighted by Crippen LogP contribution is -2.22. The normalized spacial score (nSPS) is 11.4. The van der Waals surface area contributed by atoms with Crippen LogP contribution in [0, 0.1) is 0 Å². The number of ether oxygens (including phenoxy) is 3. The Bertz CT molecular complexity index is 1180. The monoisotopic (exact) mass is 428 g/mol. The molecule has 0 aliphatic carbocycles. The number of hydrogen-bond acceptors (Lipinski definition) is 7. The molecule has 0 spiro atoms. The molecule has 0 aliphatic rings. The minimum Gasteiger partial charge on any atom is -0.496 e. The van der Waals surface area contributed by atoms with E-state index in [0.29, 0.717) is 31.9 Å². The molecule has 0 saturated heterocycles. The van der Waals surface area contributed by atoms with Gasteiger partial charge in [0.2, 0.25) is 0 Å². The van der Waals surface area contributed by atoms with Crippen LogP contribution < -0.4 is 9.54 Å². The van der Waals surface area contributed by atoms with E-state index in [1.54, 1.807) is 54.0 Å². The first-order chi connectivity index (χ1) is 14.5. The number of methoxy groups -OCH3 is 2. The summed E-state index contributed by atoms with van der Waals surface area (Å²) in [6.45, 7) is 1.86. The highest BCUT2D eigenvalue weighted by Gasteiger charge is 2.16. The van der Waals surface area contributed by atoms with Gasteiger partial charge >= 0.3 is 11.9 Å². The topological polar surface area (TPSA) is 96.2 Å². The number of carbonyl (C=O) groups excluding carboxylic acids is 3. The van der Waals surface area contributed by atoms with Crippen molar-refractivity contribution in [1.82, 2.24) is 4.57 Å². The number of fused-ring (bicyclic) bond motifs is 1. The molecule has 1 heterocycles. The Morgan fingerprint density at radius 1 is 1.10 bits per heavy atom. The largest absolute Gasteiger partial charge is 0.496 e. The van der Waals surface area contributed by atoms with Crippen LogP contribution in [0.3, 0.4) is 0 Å². The molecule has 0 N–H and O–H groups in total. The molecule has 8 nitrogen and oxygen atoms in total. The van der Waals surface area contributed by atoms with E-state index in [0.717, 1.165) is 0 Å². The first kappa shape index (κ1) is 21.3. The maximum atomic E-state index is 12.8. The lowest BCUT2D eigenvalue weighted by molar-refractivity contribution is -0.141. The quantitative estimate of drug-likeness (QED) is 0.560. The summed E-state index contributed by atoms with van der Waals surface area (Å²) in [5.41, 5.74) is 1.32. The zero-order valence-corrected chi connectivity index (χ0v) is 17.5. The van der Waals surface area contributed by atoms with Crippen molar-refractivity contribution in [2.24, 2.45) is 4.99 Å². The van der Waals surface area contributed by atoms with Gasteiger partial charge in [-0.1, -0.05) is 23.5 Å². The molecule has 1 aromatic heterocycles. The minimum absolute atomic E-state index is 0.132. The van der Waals surface area contributed by atoms with Crippen molar-refractivity contribution in [2.45, 2.75) is 13.5 Å². The van der Waals surface area contributed by atoms with Gasteiger partial charge in [0.05, 0.1) is 42.2 Å². The highest BCUT2D eigenvalue weighted by atomic mass is 32.1. The number of esters is 2. The summed E-state index contributed by atoms with van der Waals surface area (Å²) in [6.07, 6.45) is 0. The summed E-state index contributed by atoms with van der Waals surface area (Å²) in [5, 5.41) is 0. The van der Waals surface area contributed by atoms with Gasteiger partial charge in [0.15, 0.2) is 4.80 Å². The van der Waals surface area contributed by atoms with Crippen molar-refractivity contribution >= 4 is 39.4 Å². The van der Waals surface area contributed by atoms with Crippen LogP contribution in [0.4, 0.5) is 0 Å². The maximum absolute atomic E-state index is 12.8. The van der Waals surface area contributed by atoms with Crippen molar-refractivity contribution in [3.05, 3.63) is 58.4 Å². The Balaban J connectivity index is 2.14. The lowest BCUT2D eigenvalue weighted by atomic mass is 10.2. The van der Waals surface area contributed by atoms with Crippen LogP contribution in [0.2, 0.25) is 0 Å². The first-order valence-corrected chi connectivity index (χ1v) is 9.89. The van der Waals surface area contributed by atoms with E-state index < -0.39 is 17.8 Å². The molecular formula is C21H20N2O6S. The molecule has 1 amide bonds. The van der Waals surface area contributed by atoms with E-state index in [9.17, 15) is 14.4 Å². The van der Waals surface area contributed by atoms with Crippen molar-refractivity contribution in [3.8, 4) is 5.75 Å². The van der Waals surface area contributed by atoms with Crippen molar-refractivity contribution in [2.75, 3.05) is 20.8 Å². The van der Waals surface area contributed by atoms with E-state index in [2.05, 4.69) is 4.99 Å². The molecule has 0 aliphatic heterocycles. The average molecular weight is 428 g/mol. The molecular weight excluding hydrogens is 408 g/mol.